The number of fused-ring (bicyclic) bond motifs is 2. The van der Waals surface area contributed by atoms with Crippen molar-refractivity contribution in [2.45, 2.75) is 50.8 Å². The van der Waals surface area contributed by atoms with Gasteiger partial charge in [-0.2, -0.15) is 0 Å². The van der Waals surface area contributed by atoms with Crippen molar-refractivity contribution in [3.8, 4) is 0 Å². The first-order chi connectivity index (χ1) is 11.7. The van der Waals surface area contributed by atoms with Crippen LogP contribution < -0.4 is 5.56 Å². The van der Waals surface area contributed by atoms with Crippen LogP contribution in [0.25, 0.3) is 10.2 Å². The van der Waals surface area contributed by atoms with Gasteiger partial charge in [0.2, 0.25) is 5.91 Å². The Kier molecular flexibility index (Phi) is 4.37. The quantitative estimate of drug-likeness (QED) is 0.852. The van der Waals surface area contributed by atoms with E-state index in [1.807, 2.05) is 10.3 Å². The molecule has 128 valence electrons. The number of carbonyl (C=O) groups excluding carboxylic acids is 1. The highest BCUT2D eigenvalue weighted by Gasteiger charge is 2.36. The first-order valence-corrected chi connectivity index (χ1v) is 9.46. The predicted molar refractivity (Wildman–Crippen MR) is 92.2 cm³/mol. The molecule has 0 N–H and O–H groups in total. The van der Waals surface area contributed by atoms with Crippen LogP contribution in [-0.4, -0.2) is 45.7 Å². The number of rotatable bonds is 3. The highest BCUT2D eigenvalue weighted by molar-refractivity contribution is 7.16. The number of aryl methyl sites for hydroxylation is 1. The molecule has 2 aromatic heterocycles. The lowest BCUT2D eigenvalue weighted by Gasteiger charge is -2.43. The van der Waals surface area contributed by atoms with E-state index < -0.39 is 0 Å². The second kappa shape index (κ2) is 6.64. The lowest BCUT2D eigenvalue weighted by atomic mass is 9.90. The standard InChI is InChI=1S/C17H21N3O3S/c21-15(20-8-9-23-14-4-2-1-3-13(14)20)5-7-19-11-18-16-12(17(19)22)6-10-24-16/h6,10-11,13-14H,1-5,7-9H2/t13-,14+/m0/s1. The van der Waals surface area contributed by atoms with Crippen molar-refractivity contribution in [3.63, 3.8) is 0 Å². The lowest BCUT2D eigenvalue weighted by Crippen LogP contribution is -2.55. The molecule has 4 rings (SSSR count). The number of morpholine rings is 1. The van der Waals surface area contributed by atoms with Gasteiger partial charge in [-0.1, -0.05) is 12.8 Å². The summed E-state index contributed by atoms with van der Waals surface area (Å²) in [5.74, 6) is 0.118. The van der Waals surface area contributed by atoms with E-state index in [2.05, 4.69) is 4.98 Å². The number of amides is 1. The largest absolute Gasteiger partial charge is 0.374 e. The van der Waals surface area contributed by atoms with E-state index in [-0.39, 0.29) is 23.6 Å². The Morgan fingerprint density at radius 3 is 3.17 bits per heavy atom. The van der Waals surface area contributed by atoms with Crippen molar-refractivity contribution in [2.24, 2.45) is 0 Å². The zero-order valence-electron chi connectivity index (χ0n) is 13.5. The first-order valence-electron chi connectivity index (χ1n) is 8.58. The molecule has 2 aliphatic rings. The zero-order valence-corrected chi connectivity index (χ0v) is 14.3. The Labute approximate surface area is 144 Å². The summed E-state index contributed by atoms with van der Waals surface area (Å²) >= 11 is 1.46. The fourth-order valence-corrected chi connectivity index (χ4v) is 4.54. The molecule has 2 fully saturated rings. The number of hydrogen-bond acceptors (Lipinski definition) is 5. The summed E-state index contributed by atoms with van der Waals surface area (Å²) < 4.78 is 7.37. The molecular weight excluding hydrogens is 326 g/mol. The van der Waals surface area contributed by atoms with Crippen LogP contribution in [-0.2, 0) is 16.1 Å². The topological polar surface area (TPSA) is 64.4 Å². The molecule has 2 atom stereocenters. The molecule has 0 bridgehead atoms. The number of ether oxygens (including phenoxy) is 1. The molecule has 6 nitrogen and oxygen atoms in total. The van der Waals surface area contributed by atoms with E-state index in [0.717, 1.165) is 24.1 Å². The molecule has 1 saturated carbocycles. The number of thiophene rings is 1. The van der Waals surface area contributed by atoms with Crippen LogP contribution in [0.4, 0.5) is 0 Å². The minimum absolute atomic E-state index is 0.0634. The van der Waals surface area contributed by atoms with Crippen molar-refractivity contribution in [1.29, 1.82) is 0 Å². The van der Waals surface area contributed by atoms with Crippen LogP contribution in [0, 0.1) is 0 Å². The molecule has 0 aromatic carbocycles. The zero-order chi connectivity index (χ0) is 16.5. The van der Waals surface area contributed by atoms with Gasteiger partial charge in [-0.15, -0.1) is 11.3 Å². The van der Waals surface area contributed by atoms with Crippen LogP contribution >= 0.6 is 11.3 Å². The maximum atomic E-state index is 12.7. The summed E-state index contributed by atoms with van der Waals surface area (Å²) in [6, 6.07) is 2.01. The molecule has 1 amide bonds. The Balaban J connectivity index is 1.45. The number of carbonyl (C=O) groups is 1. The van der Waals surface area contributed by atoms with Crippen LogP contribution in [0.3, 0.4) is 0 Å². The van der Waals surface area contributed by atoms with E-state index in [1.165, 1.54) is 17.8 Å². The molecule has 3 heterocycles. The molecule has 0 radical (unpaired) electrons. The summed E-state index contributed by atoms with van der Waals surface area (Å²) in [4.78, 5) is 32.1. The van der Waals surface area contributed by atoms with Gasteiger partial charge in [0.25, 0.3) is 5.56 Å². The summed E-state index contributed by atoms with van der Waals surface area (Å²) in [6.45, 7) is 1.66. The maximum absolute atomic E-state index is 12.7. The van der Waals surface area contributed by atoms with Gasteiger partial charge in [-0.05, 0) is 24.3 Å². The number of nitrogens with zero attached hydrogens (tertiary/aromatic N) is 3. The summed E-state index contributed by atoms with van der Waals surface area (Å²) in [7, 11) is 0. The Morgan fingerprint density at radius 1 is 1.38 bits per heavy atom. The van der Waals surface area contributed by atoms with Gasteiger partial charge >= 0.3 is 0 Å². The van der Waals surface area contributed by atoms with E-state index in [1.54, 1.807) is 17.0 Å². The van der Waals surface area contributed by atoms with Gasteiger partial charge < -0.3 is 9.64 Å². The minimum Gasteiger partial charge on any atom is -0.374 e. The van der Waals surface area contributed by atoms with Crippen LogP contribution in [0.5, 0.6) is 0 Å². The number of aromatic nitrogens is 2. The van der Waals surface area contributed by atoms with E-state index in [0.29, 0.717) is 31.5 Å². The average Bonchev–Trinajstić information content (AvgIpc) is 3.10. The minimum atomic E-state index is -0.0634. The highest BCUT2D eigenvalue weighted by Crippen LogP contribution is 2.28. The molecule has 0 spiro atoms. The Morgan fingerprint density at radius 2 is 2.25 bits per heavy atom. The molecule has 1 aliphatic carbocycles. The second-order valence-electron chi connectivity index (χ2n) is 6.48. The fourth-order valence-electron chi connectivity index (χ4n) is 3.82. The van der Waals surface area contributed by atoms with Crippen LogP contribution in [0.2, 0.25) is 0 Å². The van der Waals surface area contributed by atoms with E-state index in [4.69, 9.17) is 4.74 Å². The lowest BCUT2D eigenvalue weighted by molar-refractivity contribution is -0.149. The molecular formula is C17H21N3O3S. The van der Waals surface area contributed by atoms with Crippen molar-refractivity contribution >= 4 is 27.5 Å². The van der Waals surface area contributed by atoms with Crippen LogP contribution in [0.15, 0.2) is 22.6 Å². The maximum Gasteiger partial charge on any atom is 0.262 e. The van der Waals surface area contributed by atoms with Crippen molar-refractivity contribution < 1.29 is 9.53 Å². The third-order valence-electron chi connectivity index (χ3n) is 5.07. The van der Waals surface area contributed by atoms with Gasteiger partial charge in [0, 0.05) is 19.5 Å². The Bertz CT molecular complexity index is 798. The molecule has 24 heavy (non-hydrogen) atoms. The normalized spacial score (nSPS) is 24.1. The number of hydrogen-bond donors (Lipinski definition) is 0. The van der Waals surface area contributed by atoms with Crippen molar-refractivity contribution in [1.82, 2.24) is 14.5 Å². The Hall–Kier alpha value is -1.73. The fraction of sp³-hybridized carbons (Fsp3) is 0.588. The van der Waals surface area contributed by atoms with E-state index in [9.17, 15) is 9.59 Å². The second-order valence-corrected chi connectivity index (χ2v) is 7.38. The summed E-state index contributed by atoms with van der Waals surface area (Å²) in [6.07, 6.45) is 6.50. The molecule has 1 saturated heterocycles. The molecule has 2 aromatic rings. The van der Waals surface area contributed by atoms with Gasteiger partial charge in [-0.25, -0.2) is 4.98 Å². The van der Waals surface area contributed by atoms with Crippen molar-refractivity contribution in [2.75, 3.05) is 13.2 Å². The van der Waals surface area contributed by atoms with Crippen LogP contribution in [0.1, 0.15) is 32.1 Å². The average molecular weight is 347 g/mol. The van der Waals surface area contributed by atoms with Gasteiger partial charge in [0.05, 0.1) is 30.5 Å². The van der Waals surface area contributed by atoms with Crippen molar-refractivity contribution in [3.05, 3.63) is 28.1 Å². The monoisotopic (exact) mass is 347 g/mol. The smallest absolute Gasteiger partial charge is 0.262 e. The predicted octanol–water partition coefficient (Wildman–Crippen LogP) is 2.02. The summed E-state index contributed by atoms with van der Waals surface area (Å²) in [5, 5.41) is 2.50. The molecule has 7 heteroatoms. The third-order valence-corrected chi connectivity index (χ3v) is 5.89. The van der Waals surface area contributed by atoms with Gasteiger partial charge in [-0.3, -0.25) is 14.2 Å². The van der Waals surface area contributed by atoms with Gasteiger partial charge in [0.1, 0.15) is 4.83 Å². The molecule has 0 unspecified atom stereocenters. The van der Waals surface area contributed by atoms with E-state index >= 15 is 0 Å². The SMILES string of the molecule is O=C(CCn1cnc2sccc2c1=O)N1CCO[C@@H]2CCCC[C@@H]21. The first kappa shape index (κ1) is 15.8. The van der Waals surface area contributed by atoms with Gasteiger partial charge in [0.15, 0.2) is 0 Å². The highest BCUT2D eigenvalue weighted by atomic mass is 32.1. The molecule has 1 aliphatic heterocycles. The summed E-state index contributed by atoms with van der Waals surface area (Å²) in [5.41, 5.74) is -0.0634. The third kappa shape index (κ3) is 2.86.